The minimum Gasteiger partial charge on any atom is -0.387 e. The summed E-state index contributed by atoms with van der Waals surface area (Å²) in [6.45, 7) is 3.39. The number of hydrogen-bond donors (Lipinski definition) is 1. The van der Waals surface area contributed by atoms with Gasteiger partial charge >= 0.3 is 0 Å². The van der Waals surface area contributed by atoms with Crippen LogP contribution in [0.2, 0.25) is 0 Å². The van der Waals surface area contributed by atoms with Gasteiger partial charge < -0.3 is 14.9 Å². The van der Waals surface area contributed by atoms with Gasteiger partial charge in [-0.3, -0.25) is 4.79 Å². The summed E-state index contributed by atoms with van der Waals surface area (Å²) >= 11 is 0. The highest BCUT2D eigenvalue weighted by molar-refractivity contribution is 6.06. The summed E-state index contributed by atoms with van der Waals surface area (Å²) in [5.74, 6) is -0.582. The van der Waals surface area contributed by atoms with Crippen LogP contribution in [0.1, 0.15) is 53.3 Å². The SMILES string of the molecule is O=C(c1cccc(F)c1)N1CCCc2cc(C(O)CN3CCCCC3)ccc21. The number of aryl methyl sites for hydroxylation is 1. The number of piperidine rings is 1. The van der Waals surface area contributed by atoms with Gasteiger partial charge in [0.1, 0.15) is 5.82 Å². The molecule has 2 heterocycles. The number of rotatable bonds is 4. The number of halogens is 1. The summed E-state index contributed by atoms with van der Waals surface area (Å²) in [4.78, 5) is 17.0. The molecule has 28 heavy (non-hydrogen) atoms. The van der Waals surface area contributed by atoms with Crippen molar-refractivity contribution in [1.82, 2.24) is 4.90 Å². The van der Waals surface area contributed by atoms with Crippen molar-refractivity contribution in [3.63, 3.8) is 0 Å². The number of amides is 1. The lowest BCUT2D eigenvalue weighted by Crippen LogP contribution is -2.36. The molecule has 148 valence electrons. The number of likely N-dealkylation sites (tertiary alicyclic amines) is 1. The summed E-state index contributed by atoms with van der Waals surface area (Å²) in [5.41, 5.74) is 3.21. The lowest BCUT2D eigenvalue weighted by Gasteiger charge is -2.31. The standard InChI is InChI=1S/C23H27FN2O2/c24-20-8-4-6-19(15-20)23(28)26-13-5-7-17-14-18(9-10-21(17)26)22(27)16-25-11-2-1-3-12-25/h4,6,8-10,14-15,22,27H,1-3,5,7,11-13,16H2. The van der Waals surface area contributed by atoms with E-state index >= 15 is 0 Å². The monoisotopic (exact) mass is 382 g/mol. The minimum atomic E-state index is -0.516. The first-order chi connectivity index (χ1) is 13.6. The summed E-state index contributed by atoms with van der Waals surface area (Å²) in [5, 5.41) is 10.7. The molecular weight excluding hydrogens is 355 g/mol. The molecule has 4 nitrogen and oxygen atoms in total. The average molecular weight is 382 g/mol. The predicted octanol–water partition coefficient (Wildman–Crippen LogP) is 3.94. The van der Waals surface area contributed by atoms with Crippen molar-refractivity contribution >= 4 is 11.6 Å². The van der Waals surface area contributed by atoms with Crippen molar-refractivity contribution in [2.24, 2.45) is 0 Å². The zero-order valence-corrected chi connectivity index (χ0v) is 16.1. The van der Waals surface area contributed by atoms with E-state index in [0.717, 1.165) is 42.7 Å². The molecule has 0 spiro atoms. The number of fused-ring (bicyclic) bond motifs is 1. The summed E-state index contributed by atoms with van der Waals surface area (Å²) < 4.78 is 13.5. The Kier molecular flexibility index (Phi) is 5.74. The second-order valence-corrected chi connectivity index (χ2v) is 7.84. The number of carbonyl (C=O) groups is 1. The molecule has 0 saturated carbocycles. The van der Waals surface area contributed by atoms with Crippen LogP contribution in [0.3, 0.4) is 0 Å². The van der Waals surface area contributed by atoms with Gasteiger partial charge in [0.15, 0.2) is 0 Å². The van der Waals surface area contributed by atoms with Crippen LogP contribution in [0.25, 0.3) is 0 Å². The number of anilines is 1. The van der Waals surface area contributed by atoms with Crippen LogP contribution < -0.4 is 4.90 Å². The quantitative estimate of drug-likeness (QED) is 0.871. The molecule has 1 fully saturated rings. The highest BCUT2D eigenvalue weighted by Crippen LogP contribution is 2.31. The number of hydrogen-bond acceptors (Lipinski definition) is 3. The van der Waals surface area contributed by atoms with Gasteiger partial charge in [0, 0.05) is 24.3 Å². The van der Waals surface area contributed by atoms with Gasteiger partial charge in [0.2, 0.25) is 0 Å². The number of aliphatic hydroxyl groups excluding tert-OH is 1. The predicted molar refractivity (Wildman–Crippen MR) is 108 cm³/mol. The van der Waals surface area contributed by atoms with Gasteiger partial charge in [-0.15, -0.1) is 0 Å². The minimum absolute atomic E-state index is 0.179. The van der Waals surface area contributed by atoms with Crippen LogP contribution in [0.15, 0.2) is 42.5 Å². The third kappa shape index (κ3) is 4.10. The van der Waals surface area contributed by atoms with E-state index in [1.807, 2.05) is 18.2 Å². The molecule has 2 aromatic rings. The molecule has 0 radical (unpaired) electrons. The van der Waals surface area contributed by atoms with Crippen LogP contribution in [-0.4, -0.2) is 42.1 Å². The third-order valence-electron chi connectivity index (χ3n) is 5.80. The third-order valence-corrected chi connectivity index (χ3v) is 5.80. The molecule has 2 aromatic carbocycles. The number of nitrogens with zero attached hydrogens (tertiary/aromatic N) is 2. The largest absolute Gasteiger partial charge is 0.387 e. The molecule has 1 amide bonds. The first-order valence-electron chi connectivity index (χ1n) is 10.2. The molecule has 1 saturated heterocycles. The van der Waals surface area contributed by atoms with E-state index in [4.69, 9.17) is 0 Å². The Hall–Kier alpha value is -2.24. The van der Waals surface area contributed by atoms with Crippen molar-refractivity contribution in [1.29, 1.82) is 0 Å². The number of β-amino-alcohol motifs (C(OH)–C–C–N with tert-alkyl or cyclic N) is 1. The zero-order valence-electron chi connectivity index (χ0n) is 16.1. The molecule has 2 aliphatic rings. The molecule has 1 N–H and O–H groups in total. The Balaban J connectivity index is 1.53. The molecule has 5 heteroatoms. The van der Waals surface area contributed by atoms with E-state index < -0.39 is 11.9 Å². The fourth-order valence-electron chi connectivity index (χ4n) is 4.30. The molecular formula is C23H27FN2O2. The van der Waals surface area contributed by atoms with E-state index in [9.17, 15) is 14.3 Å². The number of benzene rings is 2. The molecule has 0 aromatic heterocycles. The Labute approximate surface area is 165 Å². The van der Waals surface area contributed by atoms with E-state index in [2.05, 4.69) is 4.90 Å². The van der Waals surface area contributed by atoms with Gasteiger partial charge in [-0.1, -0.05) is 24.6 Å². The zero-order chi connectivity index (χ0) is 19.5. The topological polar surface area (TPSA) is 43.8 Å². The number of carbonyl (C=O) groups excluding carboxylic acids is 1. The van der Waals surface area contributed by atoms with Crippen LogP contribution >= 0.6 is 0 Å². The number of aliphatic hydroxyl groups is 1. The van der Waals surface area contributed by atoms with Gasteiger partial charge in [-0.05, 0) is 74.2 Å². The highest BCUT2D eigenvalue weighted by Gasteiger charge is 2.25. The lowest BCUT2D eigenvalue weighted by molar-refractivity contribution is 0.0984. The van der Waals surface area contributed by atoms with Crippen LogP contribution in [0.4, 0.5) is 10.1 Å². The highest BCUT2D eigenvalue weighted by atomic mass is 19.1. The van der Waals surface area contributed by atoms with Gasteiger partial charge in [0.25, 0.3) is 5.91 Å². The molecule has 1 atom stereocenters. The first kappa shape index (κ1) is 19.1. The van der Waals surface area contributed by atoms with Gasteiger partial charge in [-0.2, -0.15) is 0 Å². The smallest absolute Gasteiger partial charge is 0.258 e. The second kappa shape index (κ2) is 8.41. The Morgan fingerprint density at radius 1 is 1.04 bits per heavy atom. The van der Waals surface area contributed by atoms with Crippen LogP contribution in [0.5, 0.6) is 0 Å². The second-order valence-electron chi connectivity index (χ2n) is 7.84. The summed E-state index contributed by atoms with van der Waals surface area (Å²) in [6.07, 6.45) is 4.91. The molecule has 0 aliphatic carbocycles. The normalized spacial score (nSPS) is 18.6. The van der Waals surface area contributed by atoms with Crippen molar-refractivity contribution in [3.05, 3.63) is 65.0 Å². The lowest BCUT2D eigenvalue weighted by atomic mass is 9.96. The van der Waals surface area contributed by atoms with E-state index in [0.29, 0.717) is 18.7 Å². The summed E-state index contributed by atoms with van der Waals surface area (Å²) in [6, 6.07) is 11.7. The molecule has 0 bridgehead atoms. The van der Waals surface area contributed by atoms with E-state index in [1.54, 1.807) is 17.0 Å². The molecule has 2 aliphatic heterocycles. The maximum Gasteiger partial charge on any atom is 0.258 e. The van der Waals surface area contributed by atoms with Crippen molar-refractivity contribution in [3.8, 4) is 0 Å². The molecule has 1 unspecified atom stereocenters. The maximum atomic E-state index is 13.5. The van der Waals surface area contributed by atoms with Crippen molar-refractivity contribution in [2.45, 2.75) is 38.2 Å². The van der Waals surface area contributed by atoms with Crippen molar-refractivity contribution < 1.29 is 14.3 Å². The maximum absolute atomic E-state index is 13.5. The van der Waals surface area contributed by atoms with Crippen LogP contribution in [-0.2, 0) is 6.42 Å². The fourth-order valence-corrected chi connectivity index (χ4v) is 4.30. The summed E-state index contributed by atoms with van der Waals surface area (Å²) in [7, 11) is 0. The average Bonchev–Trinajstić information content (AvgIpc) is 2.73. The Morgan fingerprint density at radius 3 is 2.64 bits per heavy atom. The Bertz CT molecular complexity index is 848. The van der Waals surface area contributed by atoms with Gasteiger partial charge in [0.05, 0.1) is 6.10 Å². The Morgan fingerprint density at radius 2 is 1.86 bits per heavy atom. The van der Waals surface area contributed by atoms with Crippen LogP contribution in [0, 0.1) is 5.82 Å². The van der Waals surface area contributed by atoms with Gasteiger partial charge in [-0.25, -0.2) is 4.39 Å². The fraction of sp³-hybridized carbons (Fsp3) is 0.435. The van der Waals surface area contributed by atoms with E-state index in [-0.39, 0.29) is 5.91 Å². The first-order valence-corrected chi connectivity index (χ1v) is 10.2. The molecule has 4 rings (SSSR count). The van der Waals surface area contributed by atoms with E-state index in [1.165, 1.54) is 31.4 Å². The van der Waals surface area contributed by atoms with Crippen molar-refractivity contribution in [2.75, 3.05) is 31.1 Å².